The highest BCUT2D eigenvalue weighted by Gasteiger charge is 2.03. The van der Waals surface area contributed by atoms with E-state index in [1.165, 1.54) is 11.1 Å². The van der Waals surface area contributed by atoms with Crippen LogP contribution < -0.4 is 10.5 Å². The van der Waals surface area contributed by atoms with E-state index in [9.17, 15) is 0 Å². The molecule has 0 bridgehead atoms. The van der Waals surface area contributed by atoms with Gasteiger partial charge in [0.1, 0.15) is 5.75 Å². The Morgan fingerprint density at radius 2 is 1.94 bits per heavy atom. The second-order valence-electron chi connectivity index (χ2n) is 3.75. The molecule has 0 spiro atoms. The van der Waals surface area contributed by atoms with Gasteiger partial charge in [-0.1, -0.05) is 6.07 Å². The number of anilines is 1. The lowest BCUT2D eigenvalue weighted by molar-refractivity contribution is 0.465. The van der Waals surface area contributed by atoms with Gasteiger partial charge in [0.05, 0.1) is 5.69 Å². The molecule has 0 saturated carbocycles. The van der Waals surface area contributed by atoms with Gasteiger partial charge in [-0.15, -0.1) is 0 Å². The van der Waals surface area contributed by atoms with Crippen molar-refractivity contribution in [2.24, 2.45) is 0 Å². The van der Waals surface area contributed by atoms with Crippen LogP contribution in [0.4, 0.5) is 5.69 Å². The first kappa shape index (κ1) is 10.5. The first-order valence-electron chi connectivity index (χ1n) is 5.12. The summed E-state index contributed by atoms with van der Waals surface area (Å²) in [6, 6.07) is 9.45. The predicted molar refractivity (Wildman–Crippen MR) is 64.6 cm³/mol. The highest BCUT2D eigenvalue weighted by atomic mass is 16.5. The van der Waals surface area contributed by atoms with Gasteiger partial charge in [0.25, 0.3) is 0 Å². The zero-order chi connectivity index (χ0) is 11.5. The highest BCUT2D eigenvalue weighted by molar-refractivity contribution is 5.49. The lowest BCUT2D eigenvalue weighted by Gasteiger charge is -2.08. The van der Waals surface area contributed by atoms with Crippen LogP contribution in [-0.2, 0) is 0 Å². The lowest BCUT2D eigenvalue weighted by Crippen LogP contribution is -1.94. The zero-order valence-corrected chi connectivity index (χ0v) is 9.40. The molecule has 2 rings (SSSR count). The van der Waals surface area contributed by atoms with Crippen molar-refractivity contribution in [3.05, 3.63) is 47.7 Å². The number of aryl methyl sites for hydroxylation is 2. The van der Waals surface area contributed by atoms with E-state index in [0.29, 0.717) is 11.6 Å². The Labute approximate surface area is 94.9 Å². The van der Waals surface area contributed by atoms with Crippen LogP contribution in [0.2, 0.25) is 0 Å². The fourth-order valence-electron chi connectivity index (χ4n) is 1.38. The van der Waals surface area contributed by atoms with Gasteiger partial charge in [-0.05, 0) is 49.2 Å². The summed E-state index contributed by atoms with van der Waals surface area (Å²) in [6.45, 7) is 4.11. The van der Waals surface area contributed by atoms with E-state index in [0.717, 1.165) is 5.75 Å². The van der Waals surface area contributed by atoms with Crippen LogP contribution in [0.1, 0.15) is 11.1 Å². The van der Waals surface area contributed by atoms with Crippen molar-refractivity contribution in [1.29, 1.82) is 0 Å². The molecule has 0 saturated heterocycles. The molecule has 16 heavy (non-hydrogen) atoms. The van der Waals surface area contributed by atoms with E-state index in [1.54, 1.807) is 18.3 Å². The van der Waals surface area contributed by atoms with Crippen LogP contribution in [0, 0.1) is 13.8 Å². The first-order valence-corrected chi connectivity index (χ1v) is 5.12. The summed E-state index contributed by atoms with van der Waals surface area (Å²) >= 11 is 0. The molecule has 1 heterocycles. The van der Waals surface area contributed by atoms with Crippen LogP contribution >= 0.6 is 0 Å². The number of benzene rings is 1. The van der Waals surface area contributed by atoms with E-state index in [4.69, 9.17) is 10.5 Å². The molecule has 1 aromatic carbocycles. The van der Waals surface area contributed by atoms with E-state index in [2.05, 4.69) is 11.9 Å². The highest BCUT2D eigenvalue weighted by Crippen LogP contribution is 2.25. The average molecular weight is 214 g/mol. The van der Waals surface area contributed by atoms with Crippen molar-refractivity contribution < 1.29 is 4.74 Å². The average Bonchev–Trinajstić information content (AvgIpc) is 2.27. The molecule has 0 amide bonds. The molecule has 0 unspecified atom stereocenters. The monoisotopic (exact) mass is 214 g/mol. The summed E-state index contributed by atoms with van der Waals surface area (Å²) in [4.78, 5) is 4.08. The molecule has 2 N–H and O–H groups in total. The molecule has 0 radical (unpaired) electrons. The van der Waals surface area contributed by atoms with E-state index in [1.807, 2.05) is 25.1 Å². The number of hydrogen-bond acceptors (Lipinski definition) is 3. The molecule has 0 aliphatic rings. The Kier molecular flexibility index (Phi) is 2.77. The van der Waals surface area contributed by atoms with Crippen molar-refractivity contribution >= 4 is 5.69 Å². The van der Waals surface area contributed by atoms with Gasteiger partial charge in [0.15, 0.2) is 0 Å². The summed E-state index contributed by atoms with van der Waals surface area (Å²) in [5.41, 5.74) is 8.72. The van der Waals surface area contributed by atoms with Crippen molar-refractivity contribution in [2.75, 3.05) is 5.73 Å². The Hall–Kier alpha value is -2.03. The molecule has 0 atom stereocenters. The Morgan fingerprint density at radius 3 is 2.62 bits per heavy atom. The van der Waals surface area contributed by atoms with Gasteiger partial charge in [0.2, 0.25) is 5.88 Å². The number of aromatic nitrogens is 1. The summed E-state index contributed by atoms with van der Waals surface area (Å²) in [6.07, 6.45) is 1.66. The molecule has 82 valence electrons. The van der Waals surface area contributed by atoms with Crippen LogP contribution in [-0.4, -0.2) is 4.98 Å². The van der Waals surface area contributed by atoms with E-state index in [-0.39, 0.29) is 0 Å². The molecule has 3 nitrogen and oxygen atoms in total. The minimum absolute atomic E-state index is 0.450. The SMILES string of the molecule is Cc1ccc(Oc2ncccc2N)cc1C. The third-order valence-corrected chi connectivity index (χ3v) is 2.49. The van der Waals surface area contributed by atoms with Crippen molar-refractivity contribution in [1.82, 2.24) is 4.98 Å². The summed E-state index contributed by atoms with van der Waals surface area (Å²) < 4.78 is 5.61. The van der Waals surface area contributed by atoms with Crippen molar-refractivity contribution in [3.8, 4) is 11.6 Å². The molecule has 2 aromatic rings. The number of ether oxygens (including phenoxy) is 1. The molecular formula is C13H14N2O. The van der Waals surface area contributed by atoms with Gasteiger partial charge in [-0.2, -0.15) is 0 Å². The van der Waals surface area contributed by atoms with Crippen LogP contribution in [0.5, 0.6) is 11.6 Å². The zero-order valence-electron chi connectivity index (χ0n) is 9.40. The molecule has 3 heteroatoms. The number of rotatable bonds is 2. The molecule has 0 fully saturated rings. The normalized spacial score (nSPS) is 10.1. The fourth-order valence-corrected chi connectivity index (χ4v) is 1.38. The van der Waals surface area contributed by atoms with Gasteiger partial charge in [-0.3, -0.25) is 0 Å². The predicted octanol–water partition coefficient (Wildman–Crippen LogP) is 3.07. The maximum Gasteiger partial charge on any atom is 0.242 e. The van der Waals surface area contributed by atoms with Crippen molar-refractivity contribution in [3.63, 3.8) is 0 Å². The number of nitrogen functional groups attached to an aromatic ring is 1. The Bertz CT molecular complexity index is 509. The third kappa shape index (κ3) is 2.14. The Morgan fingerprint density at radius 1 is 1.12 bits per heavy atom. The number of nitrogens with two attached hydrogens (primary N) is 1. The maximum absolute atomic E-state index is 5.75. The van der Waals surface area contributed by atoms with Crippen LogP contribution in [0.3, 0.4) is 0 Å². The molecule has 1 aromatic heterocycles. The van der Waals surface area contributed by atoms with Gasteiger partial charge < -0.3 is 10.5 Å². The van der Waals surface area contributed by atoms with Crippen LogP contribution in [0.25, 0.3) is 0 Å². The van der Waals surface area contributed by atoms with Gasteiger partial charge >= 0.3 is 0 Å². The minimum atomic E-state index is 0.450. The van der Waals surface area contributed by atoms with Crippen LogP contribution in [0.15, 0.2) is 36.5 Å². The maximum atomic E-state index is 5.75. The molecule has 0 aliphatic heterocycles. The van der Waals surface area contributed by atoms with E-state index < -0.39 is 0 Å². The lowest BCUT2D eigenvalue weighted by atomic mass is 10.1. The number of nitrogens with zero attached hydrogens (tertiary/aromatic N) is 1. The summed E-state index contributed by atoms with van der Waals surface area (Å²) in [5.74, 6) is 1.21. The summed E-state index contributed by atoms with van der Waals surface area (Å²) in [7, 11) is 0. The second kappa shape index (κ2) is 4.23. The van der Waals surface area contributed by atoms with E-state index >= 15 is 0 Å². The smallest absolute Gasteiger partial charge is 0.242 e. The molecular weight excluding hydrogens is 200 g/mol. The first-order chi connectivity index (χ1) is 7.66. The quantitative estimate of drug-likeness (QED) is 0.835. The minimum Gasteiger partial charge on any atom is -0.437 e. The fraction of sp³-hybridized carbons (Fsp3) is 0.154. The molecule has 0 aliphatic carbocycles. The standard InChI is InChI=1S/C13H14N2O/c1-9-5-6-11(8-10(9)2)16-13-12(14)4-3-7-15-13/h3-8H,14H2,1-2H3. The van der Waals surface area contributed by atoms with Gasteiger partial charge in [0, 0.05) is 6.20 Å². The van der Waals surface area contributed by atoms with Crippen molar-refractivity contribution in [2.45, 2.75) is 13.8 Å². The Balaban J connectivity index is 2.28. The number of hydrogen-bond donors (Lipinski definition) is 1. The third-order valence-electron chi connectivity index (χ3n) is 2.49. The van der Waals surface area contributed by atoms with Gasteiger partial charge in [-0.25, -0.2) is 4.98 Å². The topological polar surface area (TPSA) is 48.1 Å². The second-order valence-corrected chi connectivity index (χ2v) is 3.75. The largest absolute Gasteiger partial charge is 0.437 e. The summed E-state index contributed by atoms with van der Waals surface area (Å²) in [5, 5.41) is 0. The number of pyridine rings is 1.